The van der Waals surface area contributed by atoms with Crippen LogP contribution in [0.1, 0.15) is 74.1 Å². The number of alkyl halides is 6. The smallest absolute Gasteiger partial charge is 0.416 e. The van der Waals surface area contributed by atoms with Crippen LogP contribution in [-0.2, 0) is 34.9 Å². The second-order valence-electron chi connectivity index (χ2n) is 12.9. The minimum absolute atomic E-state index is 0.0470. The van der Waals surface area contributed by atoms with Crippen LogP contribution in [-0.4, -0.2) is 50.0 Å². The number of carbonyl (C=O) groups is 2. The number of carboxylic acid groups (broad SMARTS) is 1. The Morgan fingerprint density at radius 3 is 1.94 bits per heavy atom. The lowest BCUT2D eigenvalue weighted by Crippen LogP contribution is -2.59. The minimum atomic E-state index is -5.00. The highest BCUT2D eigenvalue weighted by atomic mass is 79.9. The van der Waals surface area contributed by atoms with Gasteiger partial charge in [-0.2, -0.15) is 26.3 Å². The summed E-state index contributed by atoms with van der Waals surface area (Å²) >= 11 is 3.29. The Labute approximate surface area is 288 Å². The Bertz CT molecular complexity index is 1570. The first-order valence-electron chi connectivity index (χ1n) is 16.3. The van der Waals surface area contributed by atoms with Crippen molar-refractivity contribution in [3.05, 3.63) is 87.7 Å². The topological polar surface area (TPSA) is 86.6 Å². The fraction of sp³-hybridized carbons (Fsp3) is 0.486. The molecule has 2 aliphatic rings. The van der Waals surface area contributed by atoms with Gasteiger partial charge in [-0.25, -0.2) is 9.97 Å². The first kappa shape index (κ1) is 36.6. The number of rotatable bonds is 9. The third-order valence-corrected chi connectivity index (χ3v) is 10.1. The number of halogens is 7. The first-order chi connectivity index (χ1) is 23.1. The van der Waals surface area contributed by atoms with Gasteiger partial charge in [0.2, 0.25) is 11.9 Å². The third kappa shape index (κ3) is 8.92. The predicted octanol–water partition coefficient (Wildman–Crippen LogP) is 8.56. The number of carboxylic acids is 1. The van der Waals surface area contributed by atoms with Crippen molar-refractivity contribution in [1.29, 1.82) is 0 Å². The van der Waals surface area contributed by atoms with Gasteiger partial charge in [0.05, 0.1) is 21.5 Å². The summed E-state index contributed by atoms with van der Waals surface area (Å²) < 4.78 is 83.4. The highest BCUT2D eigenvalue weighted by molar-refractivity contribution is 9.10. The zero-order chi connectivity index (χ0) is 35.5. The van der Waals surface area contributed by atoms with E-state index in [1.54, 1.807) is 4.90 Å². The largest absolute Gasteiger partial charge is 0.481 e. The highest BCUT2D eigenvalue weighted by Gasteiger charge is 2.44. The molecule has 1 aliphatic heterocycles. The van der Waals surface area contributed by atoms with E-state index in [0.717, 1.165) is 17.7 Å². The maximum atomic E-state index is 14.3. The molecule has 5 rings (SSSR count). The van der Waals surface area contributed by atoms with E-state index in [9.17, 15) is 41.0 Å². The highest BCUT2D eigenvalue weighted by Crippen LogP contribution is 2.40. The van der Waals surface area contributed by atoms with Crippen molar-refractivity contribution in [3.63, 3.8) is 0 Å². The molecule has 1 aromatic heterocycles. The number of aliphatic carboxylic acids is 1. The summed E-state index contributed by atoms with van der Waals surface area (Å²) in [6.07, 6.45) is -3.58. The molecule has 3 atom stereocenters. The van der Waals surface area contributed by atoms with Gasteiger partial charge in [-0.3, -0.25) is 9.59 Å². The number of hydrogen-bond acceptors (Lipinski definition) is 5. The summed E-state index contributed by atoms with van der Waals surface area (Å²) in [5.41, 5.74) is -2.04. The van der Waals surface area contributed by atoms with Crippen LogP contribution >= 0.6 is 15.9 Å². The van der Waals surface area contributed by atoms with Crippen molar-refractivity contribution in [1.82, 2.24) is 14.9 Å². The average molecular weight is 756 g/mol. The number of anilines is 1. The van der Waals surface area contributed by atoms with Crippen LogP contribution in [0.3, 0.4) is 0 Å². The van der Waals surface area contributed by atoms with Crippen molar-refractivity contribution in [2.45, 2.75) is 95.3 Å². The Kier molecular flexibility index (Phi) is 11.2. The Morgan fingerprint density at radius 1 is 0.857 bits per heavy atom. The van der Waals surface area contributed by atoms with Gasteiger partial charge in [0.25, 0.3) is 0 Å². The van der Waals surface area contributed by atoms with Crippen molar-refractivity contribution in [2.24, 2.45) is 11.8 Å². The second-order valence-corrected chi connectivity index (χ2v) is 13.8. The monoisotopic (exact) mass is 754 g/mol. The molecule has 7 nitrogen and oxygen atoms in total. The van der Waals surface area contributed by atoms with Crippen LogP contribution in [0.15, 0.2) is 65.4 Å². The van der Waals surface area contributed by atoms with Gasteiger partial charge >= 0.3 is 18.3 Å². The summed E-state index contributed by atoms with van der Waals surface area (Å²) in [6, 6.07) is 10.0. The Morgan fingerprint density at radius 2 is 1.41 bits per heavy atom. The average Bonchev–Trinajstić information content (AvgIpc) is 3.06. The fourth-order valence-electron chi connectivity index (χ4n) is 7.22. The summed E-state index contributed by atoms with van der Waals surface area (Å²) in [4.78, 5) is 38.2. The van der Waals surface area contributed by atoms with Gasteiger partial charge in [-0.1, -0.05) is 37.3 Å². The van der Waals surface area contributed by atoms with E-state index in [0.29, 0.717) is 55.8 Å². The van der Waals surface area contributed by atoms with E-state index in [1.165, 1.54) is 12.4 Å². The van der Waals surface area contributed by atoms with Crippen LogP contribution in [0, 0.1) is 11.8 Å². The van der Waals surface area contributed by atoms with E-state index in [4.69, 9.17) is 0 Å². The SMILES string of the molecule is CCC1CC(N(Cc2cc(C(F)(F)F)cc(C(F)(F)F)c2)c2ncc(Br)cn2)CC(Cc2ccccc2)N1C(=O)C1CCC(C(=O)O)CC1. The van der Waals surface area contributed by atoms with Crippen LogP contribution in [0.4, 0.5) is 32.3 Å². The molecule has 0 bridgehead atoms. The molecule has 264 valence electrons. The van der Waals surface area contributed by atoms with Crippen LogP contribution in [0.2, 0.25) is 0 Å². The zero-order valence-electron chi connectivity index (χ0n) is 26.7. The van der Waals surface area contributed by atoms with Gasteiger partial charge in [-0.15, -0.1) is 0 Å². The first-order valence-corrected chi connectivity index (χ1v) is 17.0. The maximum Gasteiger partial charge on any atom is 0.416 e. The number of piperidine rings is 1. The van der Waals surface area contributed by atoms with Gasteiger partial charge in [0.15, 0.2) is 0 Å². The van der Waals surface area contributed by atoms with E-state index in [-0.39, 0.29) is 48.0 Å². The molecule has 2 fully saturated rings. The third-order valence-electron chi connectivity index (χ3n) is 9.65. The van der Waals surface area contributed by atoms with Crippen LogP contribution in [0.5, 0.6) is 0 Å². The van der Waals surface area contributed by atoms with Gasteiger partial charge in [-0.05, 0) is 96.6 Å². The molecular weight excluding hydrogens is 718 g/mol. The van der Waals surface area contributed by atoms with Crippen molar-refractivity contribution in [3.8, 4) is 0 Å². The molecule has 14 heteroatoms. The van der Waals surface area contributed by atoms with Crippen molar-refractivity contribution < 1.29 is 41.0 Å². The molecule has 3 aromatic rings. The number of benzene rings is 2. The number of likely N-dealkylation sites (tertiary alicyclic amines) is 1. The molecule has 1 saturated carbocycles. The molecule has 1 amide bonds. The van der Waals surface area contributed by atoms with Crippen molar-refractivity contribution in [2.75, 3.05) is 4.90 Å². The Balaban J connectivity index is 1.52. The zero-order valence-corrected chi connectivity index (χ0v) is 28.3. The maximum absolute atomic E-state index is 14.3. The number of carbonyl (C=O) groups excluding carboxylic acids is 1. The van der Waals surface area contributed by atoms with Gasteiger partial charge < -0.3 is 14.9 Å². The van der Waals surface area contributed by atoms with Crippen molar-refractivity contribution >= 4 is 33.8 Å². The summed E-state index contributed by atoms with van der Waals surface area (Å²) in [5.74, 6) is -1.59. The fourth-order valence-corrected chi connectivity index (χ4v) is 7.42. The lowest BCUT2D eigenvalue weighted by atomic mass is 9.79. The van der Waals surface area contributed by atoms with Crippen LogP contribution < -0.4 is 4.90 Å². The van der Waals surface area contributed by atoms with E-state index in [1.807, 2.05) is 42.2 Å². The number of nitrogens with zero attached hydrogens (tertiary/aromatic N) is 4. The summed E-state index contributed by atoms with van der Waals surface area (Å²) in [7, 11) is 0. The van der Waals surface area contributed by atoms with Crippen LogP contribution in [0.25, 0.3) is 0 Å². The number of hydrogen-bond donors (Lipinski definition) is 1. The lowest BCUT2D eigenvalue weighted by molar-refractivity contribution is -0.149. The van der Waals surface area contributed by atoms with E-state index >= 15 is 0 Å². The van der Waals surface area contributed by atoms with E-state index in [2.05, 4.69) is 25.9 Å². The van der Waals surface area contributed by atoms with Gasteiger partial charge in [0, 0.05) is 43.0 Å². The number of amides is 1. The standard InChI is InChI=1S/C35H37BrF6N4O3/c1-2-28-16-29(17-30(14-21-6-4-3-5-7-21)46(28)31(47)23-8-10-24(11-9-23)32(48)49)45(33-43-18-27(36)19-44-33)20-22-12-25(34(37,38)39)15-26(13-22)35(40,41)42/h3-7,12-13,15,18-19,23-24,28-30H,2,8-11,14,16-17,20H2,1H3,(H,48,49). The molecular formula is C35H37BrF6N4O3. The Hall–Kier alpha value is -3.68. The molecule has 0 spiro atoms. The summed E-state index contributed by atoms with van der Waals surface area (Å²) in [6.45, 7) is 1.61. The molecule has 49 heavy (non-hydrogen) atoms. The molecule has 1 saturated heterocycles. The molecule has 2 aromatic carbocycles. The van der Waals surface area contributed by atoms with Gasteiger partial charge in [0.1, 0.15) is 0 Å². The molecule has 3 unspecified atom stereocenters. The second kappa shape index (κ2) is 15.1. The van der Waals surface area contributed by atoms with E-state index < -0.39 is 41.4 Å². The molecule has 2 heterocycles. The minimum Gasteiger partial charge on any atom is -0.481 e. The molecule has 1 N–H and O–H groups in total. The number of aromatic nitrogens is 2. The summed E-state index contributed by atoms with van der Waals surface area (Å²) in [5, 5.41) is 9.48. The normalized spacial score (nSPS) is 23.3. The molecule has 0 radical (unpaired) electrons. The quantitative estimate of drug-likeness (QED) is 0.221. The molecule has 1 aliphatic carbocycles. The lowest BCUT2D eigenvalue weighted by Gasteiger charge is -2.49. The predicted molar refractivity (Wildman–Crippen MR) is 173 cm³/mol.